The number of amides is 1. The highest BCUT2D eigenvalue weighted by molar-refractivity contribution is 7.89. The molecule has 2 fully saturated rings. The predicted octanol–water partition coefficient (Wildman–Crippen LogP) is 7.33. The quantitative estimate of drug-likeness (QED) is 0.321. The van der Waals surface area contributed by atoms with Crippen LogP contribution in [0.2, 0.25) is 0 Å². The smallest absolute Gasteiger partial charge is 0.429 e. The number of carbonyl (C=O) groups is 1. The van der Waals surface area contributed by atoms with Gasteiger partial charge < -0.3 is 9.47 Å². The van der Waals surface area contributed by atoms with E-state index in [1.807, 2.05) is 0 Å². The molecule has 1 spiro atoms. The average molecular weight is 572 g/mol. The lowest BCUT2D eigenvalue weighted by Crippen LogP contribution is -2.37. The molecule has 3 aromatic carbocycles. The van der Waals surface area contributed by atoms with E-state index in [1.54, 1.807) is 43.3 Å². The third-order valence-electron chi connectivity index (χ3n) is 7.40. The van der Waals surface area contributed by atoms with E-state index in [4.69, 9.17) is 9.47 Å². The average Bonchev–Trinajstić information content (AvgIpc) is 3.20. The van der Waals surface area contributed by atoms with Gasteiger partial charge in [0.2, 0.25) is 0 Å². The van der Waals surface area contributed by atoms with E-state index < -0.39 is 33.5 Å². The Morgan fingerprint density at radius 1 is 0.925 bits per heavy atom. The maximum Gasteiger partial charge on any atom is 0.429 e. The number of carbonyl (C=O) groups excluding carboxylic acids is 1. The van der Waals surface area contributed by atoms with E-state index in [1.165, 1.54) is 31.4 Å². The van der Waals surface area contributed by atoms with Gasteiger partial charge in [0, 0.05) is 5.57 Å². The molecule has 5 rings (SSSR count). The van der Waals surface area contributed by atoms with E-state index in [2.05, 4.69) is 0 Å². The normalized spacial score (nSPS) is 18.5. The maximum atomic E-state index is 14.1. The van der Waals surface area contributed by atoms with Crippen molar-refractivity contribution in [3.8, 4) is 5.75 Å². The number of hydrogen-bond donors (Lipinski definition) is 0. The first-order valence-electron chi connectivity index (χ1n) is 12.9. The van der Waals surface area contributed by atoms with Gasteiger partial charge >= 0.3 is 12.3 Å². The Balaban J connectivity index is 1.86. The van der Waals surface area contributed by atoms with E-state index in [-0.39, 0.29) is 21.7 Å². The fraction of sp³-hybridized carbons (Fsp3) is 0.300. The number of halogens is 3. The van der Waals surface area contributed by atoms with Crippen LogP contribution in [0.3, 0.4) is 0 Å². The van der Waals surface area contributed by atoms with Crippen LogP contribution in [0.5, 0.6) is 5.75 Å². The summed E-state index contributed by atoms with van der Waals surface area (Å²) in [4.78, 5) is 13.4. The van der Waals surface area contributed by atoms with E-state index in [0.29, 0.717) is 41.3 Å². The molecule has 0 atom stereocenters. The molecule has 0 radical (unpaired) electrons. The van der Waals surface area contributed by atoms with Crippen LogP contribution in [0.4, 0.5) is 18.0 Å². The zero-order valence-electron chi connectivity index (χ0n) is 22.0. The Bertz CT molecular complexity index is 1560. The number of hydrogen-bond acceptors (Lipinski definition) is 5. The highest BCUT2D eigenvalue weighted by atomic mass is 32.2. The Morgan fingerprint density at radius 3 is 2.17 bits per heavy atom. The minimum Gasteiger partial charge on any atom is -0.497 e. The van der Waals surface area contributed by atoms with Crippen molar-refractivity contribution in [3.63, 3.8) is 0 Å². The summed E-state index contributed by atoms with van der Waals surface area (Å²) in [5.74, 6) is 0.507. The van der Waals surface area contributed by atoms with Crippen LogP contribution in [0.1, 0.15) is 54.4 Å². The van der Waals surface area contributed by atoms with Crippen molar-refractivity contribution in [2.75, 3.05) is 7.11 Å². The summed E-state index contributed by atoms with van der Waals surface area (Å²) in [5, 5.41) is 0. The number of benzene rings is 3. The second kappa shape index (κ2) is 10.3. The third-order valence-corrected chi connectivity index (χ3v) is 9.08. The Labute approximate surface area is 231 Å². The molecule has 210 valence electrons. The van der Waals surface area contributed by atoms with Gasteiger partial charge in [0.15, 0.2) is 5.60 Å². The van der Waals surface area contributed by atoms with E-state index >= 15 is 0 Å². The van der Waals surface area contributed by atoms with Crippen LogP contribution < -0.4 is 4.74 Å². The standard InChI is InChI=1S/C30H28F3NO5S/c1-20-9-15-25(16-10-20)40(36,37)34-27(29(39-28(34)35)17-4-3-5-18-29)26(21-11-13-24(38-2)14-12-21)22-7-6-8-23(19-22)30(31,32)33/h6-16,19H,3-5,17-18H2,1-2H3/b27-26+. The monoisotopic (exact) mass is 571 g/mol. The molecule has 40 heavy (non-hydrogen) atoms. The predicted molar refractivity (Wildman–Crippen MR) is 143 cm³/mol. The van der Waals surface area contributed by atoms with Crippen molar-refractivity contribution in [2.45, 2.75) is 55.7 Å². The van der Waals surface area contributed by atoms with Crippen LogP contribution in [0, 0.1) is 6.92 Å². The van der Waals surface area contributed by atoms with Crippen molar-refractivity contribution < 1.29 is 35.9 Å². The summed E-state index contributed by atoms with van der Waals surface area (Å²) in [5.41, 5.74) is -0.654. The van der Waals surface area contributed by atoms with Gasteiger partial charge in [-0.3, -0.25) is 0 Å². The second-order valence-corrected chi connectivity index (χ2v) is 11.8. The molecule has 1 amide bonds. The Kier molecular flexibility index (Phi) is 7.16. The van der Waals surface area contributed by atoms with Gasteiger partial charge in [-0.25, -0.2) is 13.2 Å². The summed E-state index contributed by atoms with van der Waals surface area (Å²) < 4.78 is 81.5. The van der Waals surface area contributed by atoms with Crippen molar-refractivity contribution in [3.05, 3.63) is 101 Å². The van der Waals surface area contributed by atoms with Crippen LogP contribution in [0.15, 0.2) is 83.4 Å². The SMILES string of the molecule is COc1ccc(/C(=C2\N(S(=O)(=O)c3ccc(C)cc3)C(=O)OC23CCCCC3)c2cccc(C(F)(F)F)c2)cc1. The lowest BCUT2D eigenvalue weighted by atomic mass is 9.79. The van der Waals surface area contributed by atoms with Gasteiger partial charge in [0.1, 0.15) is 5.75 Å². The largest absolute Gasteiger partial charge is 0.497 e. The first kappa shape index (κ1) is 27.8. The number of methoxy groups -OCH3 is 1. The lowest BCUT2D eigenvalue weighted by molar-refractivity contribution is -0.137. The van der Waals surface area contributed by atoms with Gasteiger partial charge in [0.25, 0.3) is 10.0 Å². The zero-order valence-corrected chi connectivity index (χ0v) is 22.8. The van der Waals surface area contributed by atoms with Crippen molar-refractivity contribution >= 4 is 21.7 Å². The molecule has 6 nitrogen and oxygen atoms in total. The van der Waals surface area contributed by atoms with Crippen LogP contribution in [0.25, 0.3) is 5.57 Å². The number of sulfonamides is 1. The molecule has 0 unspecified atom stereocenters. The molecule has 10 heteroatoms. The fourth-order valence-electron chi connectivity index (χ4n) is 5.41. The highest BCUT2D eigenvalue weighted by Gasteiger charge is 2.56. The molecule has 1 saturated heterocycles. The number of alkyl halides is 3. The molecule has 1 saturated carbocycles. The summed E-state index contributed by atoms with van der Waals surface area (Å²) in [6, 6.07) is 17.3. The summed E-state index contributed by atoms with van der Waals surface area (Å²) in [6.07, 6.45) is -2.85. The molecule has 2 aliphatic rings. The van der Waals surface area contributed by atoms with Crippen LogP contribution >= 0.6 is 0 Å². The van der Waals surface area contributed by atoms with Gasteiger partial charge in [-0.2, -0.15) is 17.5 Å². The Morgan fingerprint density at radius 2 is 1.57 bits per heavy atom. The van der Waals surface area contributed by atoms with E-state index in [0.717, 1.165) is 24.1 Å². The molecule has 1 aliphatic heterocycles. The third kappa shape index (κ3) is 4.96. The number of nitrogens with zero attached hydrogens (tertiary/aromatic N) is 1. The molecule has 0 bridgehead atoms. The van der Waals surface area contributed by atoms with Crippen LogP contribution in [-0.2, 0) is 20.9 Å². The van der Waals surface area contributed by atoms with Gasteiger partial charge in [-0.15, -0.1) is 0 Å². The molecule has 0 aromatic heterocycles. The van der Waals surface area contributed by atoms with Gasteiger partial charge in [-0.1, -0.05) is 48.4 Å². The van der Waals surface area contributed by atoms with Crippen molar-refractivity contribution in [2.24, 2.45) is 0 Å². The van der Waals surface area contributed by atoms with Crippen molar-refractivity contribution in [1.82, 2.24) is 4.31 Å². The molecule has 3 aromatic rings. The fourth-order valence-corrected chi connectivity index (χ4v) is 6.83. The number of aryl methyl sites for hydroxylation is 1. The highest BCUT2D eigenvalue weighted by Crippen LogP contribution is 2.50. The molecule has 0 N–H and O–H groups in total. The zero-order chi connectivity index (χ0) is 28.7. The number of rotatable bonds is 5. The van der Waals surface area contributed by atoms with Gasteiger partial charge in [-0.05, 0) is 80.1 Å². The van der Waals surface area contributed by atoms with Crippen molar-refractivity contribution in [1.29, 1.82) is 0 Å². The molecule has 1 heterocycles. The Hall–Kier alpha value is -3.79. The second-order valence-electron chi connectivity index (χ2n) is 10.0. The van der Waals surface area contributed by atoms with Crippen LogP contribution in [-0.4, -0.2) is 31.5 Å². The topological polar surface area (TPSA) is 72.9 Å². The first-order chi connectivity index (χ1) is 19.0. The molecular formula is C30H28F3NO5S. The van der Waals surface area contributed by atoms with E-state index in [9.17, 15) is 26.4 Å². The molecule has 1 aliphatic carbocycles. The molecular weight excluding hydrogens is 543 g/mol. The minimum absolute atomic E-state index is 0.0299. The number of ether oxygens (including phenoxy) is 2. The summed E-state index contributed by atoms with van der Waals surface area (Å²) in [7, 11) is -3.00. The lowest BCUT2D eigenvalue weighted by Gasteiger charge is -2.34. The summed E-state index contributed by atoms with van der Waals surface area (Å²) >= 11 is 0. The van der Waals surface area contributed by atoms with Gasteiger partial charge in [0.05, 0.1) is 23.3 Å². The maximum absolute atomic E-state index is 14.1. The minimum atomic E-state index is -4.64. The summed E-state index contributed by atoms with van der Waals surface area (Å²) in [6.45, 7) is 1.80. The first-order valence-corrected chi connectivity index (χ1v) is 14.3.